The molecule has 0 unspecified atom stereocenters. The van der Waals surface area contributed by atoms with Crippen LogP contribution in [-0.2, 0) is 16.2 Å². The van der Waals surface area contributed by atoms with Crippen LogP contribution in [0.4, 0.5) is 34.1 Å². The maximum Gasteiger partial charge on any atom is 0.264 e. The Morgan fingerprint density at radius 2 is 0.766 bits per heavy atom. The molecule has 20 rings (SSSR count). The first-order valence-corrected chi connectivity index (χ1v) is 38.4. The van der Waals surface area contributed by atoms with Gasteiger partial charge in [-0.1, -0.05) is 311 Å². The maximum atomic E-state index is 11.8. The standard InChI is InChI=1S/C102H80BN3S/c1-100(2,3)73-50-52-80-92(61-73)107-99-98(80)106(97-84(66-32-18-12-19-33-66)59-75(102(7,8)9)60-85(97)67-34-20-13-21-35-67)91-56-72(63-44-46-68(47-45-63)81-54-71-38-26-36-69-48-49-70-37-27-41-79(81)94(70)93(69)71)55-90-95(91)103(99)86-53-51-76(104-87-42-24-22-39-77(87)78-40-23-25-43-88(78)104)62-89(86)105(90)96-82(64-28-14-10-15-29-64)57-74(101(4,5)6)58-83(96)65-30-16-11-17-31-65/h10-62H,1-9H3/i51D,53D,62D. The smallest absolute Gasteiger partial charge is 0.264 e. The first-order chi connectivity index (χ1) is 53.2. The Hall–Kier alpha value is -12.0. The van der Waals surface area contributed by atoms with Crippen LogP contribution in [0.2, 0.25) is 0 Å². The van der Waals surface area contributed by atoms with E-state index in [-0.39, 0.29) is 34.4 Å². The van der Waals surface area contributed by atoms with Crippen LogP contribution < -0.4 is 25.5 Å². The highest BCUT2D eigenvalue weighted by atomic mass is 32.1. The first-order valence-electron chi connectivity index (χ1n) is 39.1. The summed E-state index contributed by atoms with van der Waals surface area (Å²) in [7, 11) is 0. The number of nitrogens with zero attached hydrogens (tertiary/aromatic N) is 3. The average Bonchev–Trinajstić information content (AvgIpc) is 1.19. The molecule has 0 saturated heterocycles. The monoisotopic (exact) mass is 1390 g/mol. The lowest BCUT2D eigenvalue weighted by Gasteiger charge is -2.45. The number of aromatic nitrogens is 1. The molecule has 0 saturated carbocycles. The van der Waals surface area contributed by atoms with Gasteiger partial charge in [-0.05, 0) is 193 Å². The molecule has 2 aromatic heterocycles. The van der Waals surface area contributed by atoms with Crippen molar-refractivity contribution in [2.75, 3.05) is 9.80 Å². The lowest BCUT2D eigenvalue weighted by molar-refractivity contribution is 0.590. The van der Waals surface area contributed by atoms with Crippen molar-refractivity contribution in [3.63, 3.8) is 0 Å². The van der Waals surface area contributed by atoms with Gasteiger partial charge in [-0.2, -0.15) is 0 Å². The van der Waals surface area contributed by atoms with Crippen LogP contribution in [0.25, 0.3) is 137 Å². The summed E-state index contributed by atoms with van der Waals surface area (Å²) in [6, 6.07) is 112. The van der Waals surface area contributed by atoms with Crippen molar-refractivity contribution in [2.45, 2.75) is 78.6 Å². The molecule has 18 aromatic rings. The Labute approximate surface area is 635 Å². The van der Waals surface area contributed by atoms with Crippen LogP contribution in [0.1, 0.15) is 83.1 Å². The molecule has 0 radical (unpaired) electrons. The average molecular weight is 1390 g/mol. The molecule has 0 atom stereocenters. The number of hydrogen-bond acceptors (Lipinski definition) is 3. The zero-order valence-corrected chi connectivity index (χ0v) is 62.5. The molecule has 0 bridgehead atoms. The molecule has 107 heavy (non-hydrogen) atoms. The third-order valence-electron chi connectivity index (χ3n) is 22.8. The number of thiophene rings is 1. The molecular weight excluding hydrogens is 1310 g/mol. The zero-order chi connectivity index (χ0) is 75.0. The van der Waals surface area contributed by atoms with Crippen molar-refractivity contribution in [3.05, 3.63) is 338 Å². The van der Waals surface area contributed by atoms with Crippen molar-refractivity contribution < 1.29 is 4.11 Å². The molecule has 512 valence electrons. The highest BCUT2D eigenvalue weighted by Gasteiger charge is 2.48. The van der Waals surface area contributed by atoms with Gasteiger partial charge in [0.1, 0.15) is 0 Å². The Balaban J connectivity index is 0.989. The molecule has 5 heteroatoms. The quantitative estimate of drug-likeness (QED) is 0.105. The summed E-state index contributed by atoms with van der Waals surface area (Å²) in [5.74, 6) is 0. The van der Waals surface area contributed by atoms with Crippen molar-refractivity contribution in [1.29, 1.82) is 0 Å². The van der Waals surface area contributed by atoms with E-state index in [0.717, 1.165) is 137 Å². The molecule has 2 aliphatic heterocycles. The van der Waals surface area contributed by atoms with Crippen LogP contribution in [0.15, 0.2) is 321 Å². The van der Waals surface area contributed by atoms with E-state index < -0.39 is 6.71 Å². The van der Waals surface area contributed by atoms with Gasteiger partial charge in [0.25, 0.3) is 6.71 Å². The summed E-state index contributed by atoms with van der Waals surface area (Å²) in [4.78, 5) is 5.07. The molecular formula is C102H80BN3S. The lowest BCUT2D eigenvalue weighted by Crippen LogP contribution is -2.60. The van der Waals surface area contributed by atoms with E-state index in [2.05, 4.69) is 380 Å². The number of benzene rings is 16. The second kappa shape index (κ2) is 24.3. The van der Waals surface area contributed by atoms with E-state index in [0.29, 0.717) is 16.8 Å². The van der Waals surface area contributed by atoms with Gasteiger partial charge in [0.05, 0.1) is 32.2 Å². The predicted octanol–water partition coefficient (Wildman–Crippen LogP) is 26.9. The topological polar surface area (TPSA) is 11.4 Å². The normalized spacial score (nSPS) is 13.4. The minimum atomic E-state index is -0.658. The molecule has 0 amide bonds. The Bertz CT molecular complexity index is 6630. The molecule has 0 N–H and O–H groups in total. The van der Waals surface area contributed by atoms with Crippen molar-refractivity contribution in [1.82, 2.24) is 4.57 Å². The molecule has 0 spiro atoms. The van der Waals surface area contributed by atoms with E-state index in [4.69, 9.17) is 0 Å². The van der Waals surface area contributed by atoms with Gasteiger partial charge < -0.3 is 14.4 Å². The fourth-order valence-electron chi connectivity index (χ4n) is 17.4. The molecule has 3 nitrogen and oxygen atoms in total. The highest BCUT2D eigenvalue weighted by molar-refractivity contribution is 7.33. The zero-order valence-electron chi connectivity index (χ0n) is 64.7. The van der Waals surface area contributed by atoms with Crippen molar-refractivity contribution in [2.24, 2.45) is 0 Å². The number of para-hydroxylation sites is 2. The van der Waals surface area contributed by atoms with Crippen LogP contribution in [-0.4, -0.2) is 11.3 Å². The SMILES string of the molecule is [2H]c1c([2H])c(-n2c3ccccc3c3ccccc32)c([2H])c2c1B1c3sc4cc(C(C)(C)C)ccc4c3N(c3c(-c4ccccc4)cc(C(C)(C)C)cc3-c3ccccc3)c3cc(-c4ccc(-c5cc6cccc7ccc8cccc5c8c76)cc4)cc(c31)N2c1c(-c2ccccc2)cc(C(C)(C)C)cc1-c1ccccc1. The fourth-order valence-corrected chi connectivity index (χ4v) is 18.8. The van der Waals surface area contributed by atoms with E-state index in [9.17, 15) is 4.11 Å². The van der Waals surface area contributed by atoms with Gasteiger partial charge in [0.15, 0.2) is 0 Å². The van der Waals surface area contributed by atoms with Gasteiger partial charge in [-0.15, -0.1) is 11.3 Å². The van der Waals surface area contributed by atoms with E-state index in [1.54, 1.807) is 11.3 Å². The number of rotatable bonds is 9. The Morgan fingerprint density at radius 1 is 0.318 bits per heavy atom. The number of anilines is 6. The molecule has 4 heterocycles. The second-order valence-electron chi connectivity index (χ2n) is 32.5. The lowest BCUT2D eigenvalue weighted by atomic mass is 9.36. The van der Waals surface area contributed by atoms with Gasteiger partial charge >= 0.3 is 0 Å². The summed E-state index contributed by atoms with van der Waals surface area (Å²) in [6.45, 7) is 20.1. The molecule has 16 aromatic carbocycles. The van der Waals surface area contributed by atoms with Gasteiger partial charge in [0, 0.05) is 70.6 Å². The third-order valence-corrected chi connectivity index (χ3v) is 24.1. The number of hydrogen-bond donors (Lipinski definition) is 0. The summed E-state index contributed by atoms with van der Waals surface area (Å²) >= 11 is 1.80. The Morgan fingerprint density at radius 3 is 1.30 bits per heavy atom. The van der Waals surface area contributed by atoms with Crippen LogP contribution in [0.3, 0.4) is 0 Å². The van der Waals surface area contributed by atoms with Gasteiger partial charge in [-0.3, -0.25) is 0 Å². The third kappa shape index (κ3) is 10.4. The fraction of sp³-hybridized carbons (Fsp3) is 0.118. The van der Waals surface area contributed by atoms with Crippen molar-refractivity contribution in [3.8, 4) is 72.4 Å². The summed E-state index contributed by atoms with van der Waals surface area (Å²) < 4.78 is 38.5. The maximum absolute atomic E-state index is 11.8. The minimum Gasteiger partial charge on any atom is -0.310 e. The van der Waals surface area contributed by atoms with Gasteiger partial charge in [0.2, 0.25) is 0 Å². The number of fused-ring (bicyclic) bond motifs is 9. The van der Waals surface area contributed by atoms with E-state index >= 15 is 0 Å². The molecule has 0 fully saturated rings. The van der Waals surface area contributed by atoms with Gasteiger partial charge in [-0.25, -0.2) is 0 Å². The Kier molecular flexibility index (Phi) is 13.9. The van der Waals surface area contributed by atoms with Crippen LogP contribution >= 0.6 is 11.3 Å². The van der Waals surface area contributed by atoms with E-state index in [1.165, 1.54) is 49.0 Å². The minimum absolute atomic E-state index is 0.00310. The first kappa shape index (κ1) is 61.3. The van der Waals surface area contributed by atoms with Crippen molar-refractivity contribution >= 4 is 132 Å². The molecule has 0 aliphatic carbocycles. The largest absolute Gasteiger partial charge is 0.310 e. The van der Waals surface area contributed by atoms with Crippen LogP contribution in [0.5, 0.6) is 0 Å². The summed E-state index contributed by atoms with van der Waals surface area (Å²) in [5, 5.41) is 10.6. The molecule has 2 aliphatic rings. The van der Waals surface area contributed by atoms with E-state index in [1.807, 2.05) is 0 Å². The second-order valence-corrected chi connectivity index (χ2v) is 33.6. The predicted molar refractivity (Wildman–Crippen MR) is 463 cm³/mol. The summed E-state index contributed by atoms with van der Waals surface area (Å²) in [6.07, 6.45) is 0. The van der Waals surface area contributed by atoms with Crippen LogP contribution in [0, 0.1) is 0 Å². The summed E-state index contributed by atoms with van der Waals surface area (Å²) in [5.41, 5.74) is 24.6. The highest BCUT2D eigenvalue weighted by Crippen LogP contribution is 2.57.